The molecule has 0 radical (unpaired) electrons. The Balaban J connectivity index is 1.17. The minimum absolute atomic E-state index is 0.623. The summed E-state index contributed by atoms with van der Waals surface area (Å²) in [7, 11) is 0. The molecule has 2 aromatic heterocycles. The quantitative estimate of drug-likeness (QED) is 0.176. The van der Waals surface area contributed by atoms with Crippen LogP contribution in [0, 0.1) is 0 Å². The molecule has 10 aromatic rings. The van der Waals surface area contributed by atoms with Crippen molar-refractivity contribution in [1.29, 1.82) is 0 Å². The number of hydrogen-bond acceptors (Lipinski definition) is 3. The van der Waals surface area contributed by atoms with Gasteiger partial charge in [0.25, 0.3) is 0 Å². The maximum absolute atomic E-state index is 5.22. The second-order valence-electron chi connectivity index (χ2n) is 13.2. The van der Waals surface area contributed by atoms with Gasteiger partial charge >= 0.3 is 0 Å². The summed E-state index contributed by atoms with van der Waals surface area (Å²) in [5, 5.41) is 4.77. The van der Waals surface area contributed by atoms with Crippen molar-refractivity contribution in [1.82, 2.24) is 19.5 Å². The van der Waals surface area contributed by atoms with Crippen LogP contribution >= 0.6 is 0 Å². The van der Waals surface area contributed by atoms with Gasteiger partial charge in [-0.15, -0.1) is 0 Å². The lowest BCUT2D eigenvalue weighted by Crippen LogP contribution is -2.02. The summed E-state index contributed by atoms with van der Waals surface area (Å²) in [6.07, 6.45) is 0. The summed E-state index contributed by atoms with van der Waals surface area (Å²) in [5.41, 5.74) is 10.7. The van der Waals surface area contributed by atoms with Crippen LogP contribution < -0.4 is 0 Å². The third-order valence-electron chi connectivity index (χ3n) is 10.1. The fourth-order valence-electron chi connectivity index (χ4n) is 7.52. The molecule has 0 fully saturated rings. The van der Waals surface area contributed by atoms with Crippen molar-refractivity contribution in [3.8, 4) is 62.1 Å². The Bertz CT molecular complexity index is 2890. The van der Waals surface area contributed by atoms with Crippen molar-refractivity contribution in [2.75, 3.05) is 0 Å². The topological polar surface area (TPSA) is 43.6 Å². The van der Waals surface area contributed by atoms with Gasteiger partial charge in [-0.2, -0.15) is 0 Å². The summed E-state index contributed by atoms with van der Waals surface area (Å²) in [6.45, 7) is 0. The molecule has 0 N–H and O–H groups in total. The second-order valence-corrected chi connectivity index (χ2v) is 13.2. The van der Waals surface area contributed by atoms with Crippen molar-refractivity contribution in [3.63, 3.8) is 0 Å². The number of hydrogen-bond donors (Lipinski definition) is 0. The highest BCUT2D eigenvalue weighted by Crippen LogP contribution is 2.39. The minimum Gasteiger partial charge on any atom is -0.309 e. The molecule has 4 heteroatoms. The van der Waals surface area contributed by atoms with Gasteiger partial charge in [-0.1, -0.05) is 170 Å². The van der Waals surface area contributed by atoms with Gasteiger partial charge in [0.2, 0.25) is 0 Å². The van der Waals surface area contributed by atoms with Gasteiger partial charge in [-0.25, -0.2) is 15.0 Å². The Hall–Kier alpha value is -7.17. The highest BCUT2D eigenvalue weighted by Gasteiger charge is 2.20. The van der Waals surface area contributed by atoms with Crippen LogP contribution in [-0.4, -0.2) is 19.5 Å². The largest absolute Gasteiger partial charge is 0.309 e. The van der Waals surface area contributed by atoms with Gasteiger partial charge in [0.1, 0.15) is 0 Å². The summed E-state index contributed by atoms with van der Waals surface area (Å²) in [6, 6.07) is 68.1. The van der Waals surface area contributed by atoms with Crippen LogP contribution in [0.4, 0.5) is 0 Å². The molecule has 248 valence electrons. The van der Waals surface area contributed by atoms with E-state index in [1.807, 2.05) is 6.07 Å². The first-order valence-electron chi connectivity index (χ1n) is 17.9. The zero-order valence-electron chi connectivity index (χ0n) is 28.8. The van der Waals surface area contributed by atoms with E-state index in [2.05, 4.69) is 193 Å². The molecule has 0 bridgehead atoms. The first kappa shape index (κ1) is 30.6. The van der Waals surface area contributed by atoms with E-state index >= 15 is 0 Å². The SMILES string of the molecule is c1ccc(-c2ccc(-c3nc(-c4ccc5ccccc5c4)nc(-c4ccccc4-c4ccccc4-n4c5ccccc5c5ccccc54)n3)cc2)cc1. The molecule has 10 rings (SSSR count). The maximum Gasteiger partial charge on any atom is 0.164 e. The maximum atomic E-state index is 5.22. The van der Waals surface area contributed by atoms with Crippen LogP contribution in [0.25, 0.3) is 94.7 Å². The van der Waals surface area contributed by atoms with Crippen LogP contribution in [0.2, 0.25) is 0 Å². The van der Waals surface area contributed by atoms with Crippen LogP contribution in [0.5, 0.6) is 0 Å². The van der Waals surface area contributed by atoms with Crippen molar-refractivity contribution in [2.45, 2.75) is 0 Å². The number of para-hydroxylation sites is 3. The van der Waals surface area contributed by atoms with Crippen molar-refractivity contribution < 1.29 is 0 Å². The molecule has 0 saturated heterocycles. The normalized spacial score (nSPS) is 11.4. The van der Waals surface area contributed by atoms with Gasteiger partial charge in [0, 0.05) is 33.0 Å². The van der Waals surface area contributed by atoms with E-state index in [1.54, 1.807) is 0 Å². The Labute approximate surface area is 307 Å². The molecule has 8 aromatic carbocycles. The fourth-order valence-corrected chi connectivity index (χ4v) is 7.52. The average molecular weight is 677 g/mol. The van der Waals surface area contributed by atoms with E-state index in [0.717, 1.165) is 44.5 Å². The Morgan fingerprint density at radius 3 is 1.53 bits per heavy atom. The zero-order chi connectivity index (χ0) is 35.1. The van der Waals surface area contributed by atoms with Crippen molar-refractivity contribution in [3.05, 3.63) is 194 Å². The molecule has 0 aliphatic rings. The van der Waals surface area contributed by atoms with Gasteiger partial charge in [0.05, 0.1) is 16.7 Å². The number of rotatable bonds is 6. The molecule has 2 heterocycles. The molecule has 0 atom stereocenters. The van der Waals surface area contributed by atoms with E-state index in [-0.39, 0.29) is 0 Å². The second kappa shape index (κ2) is 12.9. The Morgan fingerprint density at radius 2 is 0.792 bits per heavy atom. The lowest BCUT2D eigenvalue weighted by molar-refractivity contribution is 1.07. The number of benzene rings is 8. The zero-order valence-corrected chi connectivity index (χ0v) is 28.8. The minimum atomic E-state index is 0.623. The lowest BCUT2D eigenvalue weighted by Gasteiger charge is -2.17. The van der Waals surface area contributed by atoms with Gasteiger partial charge in [0.15, 0.2) is 17.5 Å². The van der Waals surface area contributed by atoms with Crippen LogP contribution in [0.1, 0.15) is 0 Å². The lowest BCUT2D eigenvalue weighted by atomic mass is 9.97. The highest BCUT2D eigenvalue weighted by atomic mass is 15.0. The first-order chi connectivity index (χ1) is 26.3. The summed E-state index contributed by atoms with van der Waals surface area (Å²) in [4.78, 5) is 15.5. The molecule has 4 nitrogen and oxygen atoms in total. The van der Waals surface area contributed by atoms with Gasteiger partial charge < -0.3 is 4.57 Å². The van der Waals surface area contributed by atoms with Crippen LogP contribution in [0.15, 0.2) is 194 Å². The van der Waals surface area contributed by atoms with E-state index in [0.29, 0.717) is 17.5 Å². The highest BCUT2D eigenvalue weighted by molar-refractivity contribution is 6.10. The first-order valence-corrected chi connectivity index (χ1v) is 17.9. The molecular formula is C49H32N4. The predicted octanol–water partition coefficient (Wildman–Crippen LogP) is 12.5. The molecule has 0 unspecified atom stereocenters. The molecule has 53 heavy (non-hydrogen) atoms. The molecule has 0 spiro atoms. The van der Waals surface area contributed by atoms with Gasteiger partial charge in [-0.05, 0) is 51.7 Å². The summed E-state index contributed by atoms with van der Waals surface area (Å²) >= 11 is 0. The van der Waals surface area contributed by atoms with Gasteiger partial charge in [-0.3, -0.25) is 0 Å². The van der Waals surface area contributed by atoms with E-state index in [9.17, 15) is 0 Å². The summed E-state index contributed by atoms with van der Waals surface area (Å²) in [5.74, 6) is 1.88. The van der Waals surface area contributed by atoms with Crippen LogP contribution in [-0.2, 0) is 0 Å². The standard InChI is InChI=1S/C49H32N4/c1-2-14-33(15-3-1)35-26-29-36(30-27-35)47-50-48(38-31-28-34-16-4-5-17-37(34)32-38)52-49(51-47)43-22-7-6-18-39(43)40-19-8-11-23-44(40)53-45-24-12-9-20-41(45)42-21-10-13-25-46(42)53/h1-32H. The average Bonchev–Trinajstić information content (AvgIpc) is 3.58. The number of fused-ring (bicyclic) bond motifs is 4. The van der Waals surface area contributed by atoms with Crippen molar-refractivity contribution >= 4 is 32.6 Å². The molecule has 0 aliphatic carbocycles. The Morgan fingerprint density at radius 1 is 0.302 bits per heavy atom. The molecular weight excluding hydrogens is 645 g/mol. The molecule has 0 saturated carbocycles. The molecule has 0 aliphatic heterocycles. The number of nitrogens with zero attached hydrogens (tertiary/aromatic N) is 4. The van der Waals surface area contributed by atoms with E-state index < -0.39 is 0 Å². The third-order valence-corrected chi connectivity index (χ3v) is 10.1. The summed E-state index contributed by atoms with van der Waals surface area (Å²) < 4.78 is 2.38. The van der Waals surface area contributed by atoms with E-state index in [4.69, 9.17) is 15.0 Å². The Kier molecular flexibility index (Phi) is 7.43. The van der Waals surface area contributed by atoms with E-state index in [1.165, 1.54) is 32.8 Å². The fraction of sp³-hybridized carbons (Fsp3) is 0. The monoisotopic (exact) mass is 676 g/mol. The van der Waals surface area contributed by atoms with Crippen molar-refractivity contribution in [2.24, 2.45) is 0 Å². The molecule has 0 amide bonds. The third kappa shape index (κ3) is 5.45. The smallest absolute Gasteiger partial charge is 0.164 e. The van der Waals surface area contributed by atoms with Crippen LogP contribution in [0.3, 0.4) is 0 Å². The number of aromatic nitrogens is 4. The predicted molar refractivity (Wildman–Crippen MR) is 219 cm³/mol.